The van der Waals surface area contributed by atoms with Crippen molar-refractivity contribution in [3.05, 3.63) is 59.2 Å². The molecular weight excluding hydrogens is 272 g/mol. The lowest BCUT2D eigenvalue weighted by molar-refractivity contribution is 0.148. The molecule has 1 atom stereocenters. The van der Waals surface area contributed by atoms with E-state index in [1.807, 2.05) is 30.3 Å². The number of hydrogen-bond donors (Lipinski definition) is 0. The van der Waals surface area contributed by atoms with Gasteiger partial charge in [-0.2, -0.15) is 0 Å². The summed E-state index contributed by atoms with van der Waals surface area (Å²) < 4.78 is 11.7. The van der Waals surface area contributed by atoms with Crippen LogP contribution in [0.4, 0.5) is 0 Å². The fraction of sp³-hybridized carbons (Fsp3) is 0.294. The summed E-state index contributed by atoms with van der Waals surface area (Å²) in [5, 5.41) is 0. The van der Waals surface area contributed by atoms with Crippen molar-refractivity contribution in [1.82, 2.24) is 0 Å². The van der Waals surface area contributed by atoms with Crippen molar-refractivity contribution in [2.45, 2.75) is 25.3 Å². The molecule has 20 heavy (non-hydrogen) atoms. The molecule has 3 rings (SSSR count). The fourth-order valence-corrected chi connectivity index (χ4v) is 2.58. The highest BCUT2D eigenvalue weighted by atomic mass is 35.5. The largest absolute Gasteiger partial charge is 0.490 e. The van der Waals surface area contributed by atoms with Gasteiger partial charge in [0.2, 0.25) is 0 Å². The number of aryl methyl sites for hydroxylation is 1. The molecule has 2 aromatic carbocycles. The molecule has 0 spiro atoms. The molecule has 1 aliphatic rings. The first-order valence-corrected chi connectivity index (χ1v) is 7.32. The molecule has 0 saturated heterocycles. The molecule has 0 radical (unpaired) electrons. The molecule has 0 aliphatic carbocycles. The van der Waals surface area contributed by atoms with Crippen LogP contribution in [0, 0.1) is 6.92 Å². The topological polar surface area (TPSA) is 18.5 Å². The van der Waals surface area contributed by atoms with Gasteiger partial charge < -0.3 is 9.47 Å². The average molecular weight is 289 g/mol. The van der Waals surface area contributed by atoms with E-state index >= 15 is 0 Å². The molecule has 0 bridgehead atoms. The van der Waals surface area contributed by atoms with Gasteiger partial charge in [0.05, 0.1) is 0 Å². The first-order chi connectivity index (χ1) is 9.74. The second kappa shape index (κ2) is 5.76. The van der Waals surface area contributed by atoms with E-state index in [0.717, 1.165) is 23.5 Å². The lowest BCUT2D eigenvalue weighted by atomic mass is 10.1. The monoisotopic (exact) mass is 288 g/mol. The number of benzene rings is 2. The van der Waals surface area contributed by atoms with Gasteiger partial charge in [0.25, 0.3) is 0 Å². The van der Waals surface area contributed by atoms with E-state index in [1.54, 1.807) is 0 Å². The van der Waals surface area contributed by atoms with E-state index in [4.69, 9.17) is 21.1 Å². The standard InChI is InChI=1S/C17H17ClO2/c1-12-2-7-17-14(8-12)9-16(20-17)11-19-15-5-3-13(10-18)4-6-15/h2-8,16H,9-11H2,1H3. The number of halogens is 1. The molecular formula is C17H17ClO2. The van der Waals surface area contributed by atoms with Gasteiger partial charge >= 0.3 is 0 Å². The lowest BCUT2D eigenvalue weighted by Gasteiger charge is -2.12. The van der Waals surface area contributed by atoms with Crippen molar-refractivity contribution in [2.24, 2.45) is 0 Å². The minimum absolute atomic E-state index is 0.0968. The molecule has 104 valence electrons. The lowest BCUT2D eigenvalue weighted by Crippen LogP contribution is -2.22. The number of fused-ring (bicyclic) bond motifs is 1. The summed E-state index contributed by atoms with van der Waals surface area (Å²) in [5.41, 5.74) is 3.64. The van der Waals surface area contributed by atoms with E-state index in [2.05, 4.69) is 19.1 Å². The third-order valence-electron chi connectivity index (χ3n) is 3.47. The molecule has 3 heteroatoms. The van der Waals surface area contributed by atoms with E-state index in [0.29, 0.717) is 12.5 Å². The SMILES string of the molecule is Cc1ccc2c(c1)CC(COc1ccc(CCl)cc1)O2. The van der Waals surface area contributed by atoms with Gasteiger partial charge in [0, 0.05) is 12.3 Å². The summed E-state index contributed by atoms with van der Waals surface area (Å²) >= 11 is 5.76. The summed E-state index contributed by atoms with van der Waals surface area (Å²) in [7, 11) is 0. The van der Waals surface area contributed by atoms with Crippen molar-refractivity contribution >= 4 is 11.6 Å². The van der Waals surface area contributed by atoms with Crippen LogP contribution in [0.3, 0.4) is 0 Å². The number of alkyl halides is 1. The van der Waals surface area contributed by atoms with Gasteiger partial charge in [-0.1, -0.05) is 29.8 Å². The van der Waals surface area contributed by atoms with Gasteiger partial charge in [0.1, 0.15) is 24.2 Å². The number of hydrogen-bond acceptors (Lipinski definition) is 2. The van der Waals surface area contributed by atoms with Crippen molar-refractivity contribution in [3.63, 3.8) is 0 Å². The number of rotatable bonds is 4. The molecule has 1 heterocycles. The third-order valence-corrected chi connectivity index (χ3v) is 3.78. The Labute approximate surface area is 124 Å². The summed E-state index contributed by atoms with van der Waals surface area (Å²) in [6.07, 6.45) is 1.01. The Morgan fingerprint density at radius 1 is 1.20 bits per heavy atom. The predicted octanol–water partition coefficient (Wildman–Crippen LogP) is 4.12. The zero-order valence-electron chi connectivity index (χ0n) is 11.4. The molecule has 0 amide bonds. The molecule has 1 unspecified atom stereocenters. The second-order valence-corrected chi connectivity index (χ2v) is 5.41. The van der Waals surface area contributed by atoms with Gasteiger partial charge in [-0.3, -0.25) is 0 Å². The highest BCUT2D eigenvalue weighted by Crippen LogP contribution is 2.29. The third kappa shape index (κ3) is 2.91. The van der Waals surface area contributed by atoms with Gasteiger partial charge in [0.15, 0.2) is 0 Å². The van der Waals surface area contributed by atoms with Crippen molar-refractivity contribution in [3.8, 4) is 11.5 Å². The number of ether oxygens (including phenoxy) is 2. The Bertz CT molecular complexity index is 592. The summed E-state index contributed by atoms with van der Waals surface area (Å²) in [5.74, 6) is 2.37. The molecule has 0 aromatic heterocycles. The van der Waals surface area contributed by atoms with Crippen LogP contribution in [-0.2, 0) is 12.3 Å². The van der Waals surface area contributed by atoms with Gasteiger partial charge in [-0.05, 0) is 36.2 Å². The highest BCUT2D eigenvalue weighted by molar-refractivity contribution is 6.17. The minimum atomic E-state index is 0.0968. The van der Waals surface area contributed by atoms with Crippen molar-refractivity contribution in [1.29, 1.82) is 0 Å². The van der Waals surface area contributed by atoms with Gasteiger partial charge in [-0.15, -0.1) is 11.6 Å². The Morgan fingerprint density at radius 3 is 2.75 bits per heavy atom. The predicted molar refractivity (Wildman–Crippen MR) is 80.8 cm³/mol. The first-order valence-electron chi connectivity index (χ1n) is 6.78. The van der Waals surface area contributed by atoms with E-state index in [9.17, 15) is 0 Å². The zero-order chi connectivity index (χ0) is 13.9. The second-order valence-electron chi connectivity index (χ2n) is 5.14. The summed E-state index contributed by atoms with van der Waals surface area (Å²) in [6.45, 7) is 2.66. The van der Waals surface area contributed by atoms with Crippen LogP contribution in [0.25, 0.3) is 0 Å². The van der Waals surface area contributed by atoms with Crippen LogP contribution in [0.2, 0.25) is 0 Å². The minimum Gasteiger partial charge on any atom is -0.490 e. The summed E-state index contributed by atoms with van der Waals surface area (Å²) in [4.78, 5) is 0. The van der Waals surface area contributed by atoms with Crippen LogP contribution in [-0.4, -0.2) is 12.7 Å². The fourth-order valence-electron chi connectivity index (χ4n) is 2.41. The van der Waals surface area contributed by atoms with E-state index in [-0.39, 0.29) is 6.10 Å². The van der Waals surface area contributed by atoms with Crippen LogP contribution in [0.5, 0.6) is 11.5 Å². The molecule has 2 nitrogen and oxygen atoms in total. The quantitative estimate of drug-likeness (QED) is 0.788. The van der Waals surface area contributed by atoms with E-state index < -0.39 is 0 Å². The molecule has 1 aliphatic heterocycles. The van der Waals surface area contributed by atoms with Crippen LogP contribution in [0.1, 0.15) is 16.7 Å². The Balaban J connectivity index is 1.58. The maximum Gasteiger partial charge on any atom is 0.137 e. The molecule has 0 N–H and O–H groups in total. The first kappa shape index (κ1) is 13.3. The molecule has 0 fully saturated rings. The van der Waals surface area contributed by atoms with Crippen molar-refractivity contribution < 1.29 is 9.47 Å². The van der Waals surface area contributed by atoms with Crippen LogP contribution < -0.4 is 9.47 Å². The maximum absolute atomic E-state index is 5.88. The van der Waals surface area contributed by atoms with Gasteiger partial charge in [-0.25, -0.2) is 0 Å². The highest BCUT2D eigenvalue weighted by Gasteiger charge is 2.23. The van der Waals surface area contributed by atoms with E-state index in [1.165, 1.54) is 11.1 Å². The average Bonchev–Trinajstić information content (AvgIpc) is 2.87. The Kier molecular flexibility index (Phi) is 3.83. The summed E-state index contributed by atoms with van der Waals surface area (Å²) in [6, 6.07) is 14.2. The Morgan fingerprint density at radius 2 is 2.00 bits per heavy atom. The zero-order valence-corrected chi connectivity index (χ0v) is 12.2. The smallest absolute Gasteiger partial charge is 0.137 e. The molecule has 0 saturated carbocycles. The van der Waals surface area contributed by atoms with Crippen molar-refractivity contribution in [2.75, 3.05) is 6.61 Å². The van der Waals surface area contributed by atoms with Crippen LogP contribution >= 0.6 is 11.6 Å². The normalized spacial score (nSPS) is 16.6. The molecule has 2 aromatic rings. The van der Waals surface area contributed by atoms with Crippen LogP contribution in [0.15, 0.2) is 42.5 Å². The Hall–Kier alpha value is -1.67. The maximum atomic E-state index is 5.88.